The molecule has 0 unspecified atom stereocenters. The Morgan fingerprint density at radius 3 is 2.43 bits per heavy atom. The second-order valence-electron chi connectivity index (χ2n) is 8.28. The summed E-state index contributed by atoms with van der Waals surface area (Å²) in [6.07, 6.45) is 8.29. The van der Waals surface area contributed by atoms with Gasteiger partial charge < -0.3 is 10.2 Å². The van der Waals surface area contributed by atoms with Crippen LogP contribution in [0.3, 0.4) is 0 Å². The molecule has 0 bridgehead atoms. The van der Waals surface area contributed by atoms with Crippen molar-refractivity contribution < 1.29 is 4.79 Å². The van der Waals surface area contributed by atoms with Gasteiger partial charge >= 0.3 is 0 Å². The highest BCUT2D eigenvalue weighted by Gasteiger charge is 2.24. The standard InChI is InChI=1S/C23H30N4O/c1-17-12-14-27(15-13-17)23(28)20-16-21(24-19-10-6-3-7-11-19)26-22(25-20)18-8-4-2-5-9-18/h2,4-5,8-9,16-17,19H,3,6-7,10-15H2,1H3,(H,24,25,26). The van der Waals surface area contributed by atoms with Gasteiger partial charge in [0.15, 0.2) is 5.82 Å². The first-order chi connectivity index (χ1) is 13.7. The number of carbonyl (C=O) groups excluding carboxylic acids is 1. The van der Waals surface area contributed by atoms with Crippen molar-refractivity contribution in [3.8, 4) is 11.4 Å². The van der Waals surface area contributed by atoms with Crippen LogP contribution in [-0.4, -0.2) is 39.9 Å². The zero-order valence-corrected chi connectivity index (χ0v) is 16.7. The van der Waals surface area contributed by atoms with Gasteiger partial charge in [0.1, 0.15) is 11.5 Å². The third kappa shape index (κ3) is 4.51. The van der Waals surface area contributed by atoms with Gasteiger partial charge in [-0.15, -0.1) is 0 Å². The minimum absolute atomic E-state index is 0.0261. The van der Waals surface area contributed by atoms with Gasteiger partial charge in [-0.1, -0.05) is 56.5 Å². The monoisotopic (exact) mass is 378 g/mol. The quantitative estimate of drug-likeness (QED) is 0.833. The summed E-state index contributed by atoms with van der Waals surface area (Å²) < 4.78 is 0. The third-order valence-electron chi connectivity index (χ3n) is 6.01. The van der Waals surface area contributed by atoms with E-state index in [1.54, 1.807) is 0 Å². The minimum atomic E-state index is 0.0261. The topological polar surface area (TPSA) is 58.1 Å². The van der Waals surface area contributed by atoms with Crippen LogP contribution in [0.25, 0.3) is 11.4 Å². The van der Waals surface area contributed by atoms with Crippen molar-refractivity contribution in [2.24, 2.45) is 5.92 Å². The van der Waals surface area contributed by atoms with Gasteiger partial charge in [-0.3, -0.25) is 4.79 Å². The fourth-order valence-electron chi connectivity index (χ4n) is 4.18. The minimum Gasteiger partial charge on any atom is -0.367 e. The van der Waals surface area contributed by atoms with Crippen molar-refractivity contribution in [2.75, 3.05) is 18.4 Å². The van der Waals surface area contributed by atoms with Crippen molar-refractivity contribution >= 4 is 11.7 Å². The molecular formula is C23H30N4O. The van der Waals surface area contributed by atoms with Crippen LogP contribution in [0, 0.1) is 5.92 Å². The number of nitrogens with zero attached hydrogens (tertiary/aromatic N) is 3. The van der Waals surface area contributed by atoms with Gasteiger partial charge in [0.05, 0.1) is 0 Å². The second-order valence-corrected chi connectivity index (χ2v) is 8.28. The molecule has 0 radical (unpaired) electrons. The average molecular weight is 379 g/mol. The summed E-state index contributed by atoms with van der Waals surface area (Å²) in [5, 5.41) is 3.57. The lowest BCUT2D eigenvalue weighted by atomic mass is 9.95. The Balaban J connectivity index is 1.62. The van der Waals surface area contributed by atoms with E-state index in [1.165, 1.54) is 19.3 Å². The lowest BCUT2D eigenvalue weighted by Gasteiger charge is -2.30. The van der Waals surface area contributed by atoms with Crippen molar-refractivity contribution in [3.05, 3.63) is 42.1 Å². The number of hydrogen-bond donors (Lipinski definition) is 1. The number of aromatic nitrogens is 2. The van der Waals surface area contributed by atoms with E-state index < -0.39 is 0 Å². The summed E-state index contributed by atoms with van der Waals surface area (Å²) in [6.45, 7) is 3.89. The van der Waals surface area contributed by atoms with Gasteiger partial charge in [0, 0.05) is 30.8 Å². The van der Waals surface area contributed by atoms with Crippen LogP contribution < -0.4 is 5.32 Å². The fraction of sp³-hybridized carbons (Fsp3) is 0.522. The Kier molecular flexibility index (Phi) is 5.89. The molecule has 1 aliphatic heterocycles. The Labute approximate surface area is 167 Å². The van der Waals surface area contributed by atoms with Gasteiger partial charge in [0.2, 0.25) is 0 Å². The summed E-state index contributed by atoms with van der Waals surface area (Å²) in [5.74, 6) is 2.11. The molecule has 1 N–H and O–H groups in total. The number of likely N-dealkylation sites (tertiary alicyclic amines) is 1. The van der Waals surface area contributed by atoms with E-state index in [-0.39, 0.29) is 5.91 Å². The molecule has 2 heterocycles. The molecule has 2 aromatic rings. The molecule has 2 fully saturated rings. The summed E-state index contributed by atoms with van der Waals surface area (Å²) >= 11 is 0. The van der Waals surface area contributed by atoms with Crippen LogP contribution in [0.5, 0.6) is 0 Å². The molecule has 148 valence electrons. The second kappa shape index (κ2) is 8.72. The summed E-state index contributed by atoms with van der Waals surface area (Å²) in [7, 11) is 0. The molecular weight excluding hydrogens is 348 g/mol. The maximum atomic E-state index is 13.1. The number of carbonyl (C=O) groups is 1. The molecule has 1 aromatic carbocycles. The van der Waals surface area contributed by atoms with Gasteiger partial charge in [-0.25, -0.2) is 9.97 Å². The number of rotatable bonds is 4. The smallest absolute Gasteiger partial charge is 0.272 e. The first-order valence-corrected chi connectivity index (χ1v) is 10.7. The average Bonchev–Trinajstić information content (AvgIpc) is 2.75. The first kappa shape index (κ1) is 18.9. The molecule has 1 aromatic heterocycles. The van der Waals surface area contributed by atoms with Crippen molar-refractivity contribution in [1.82, 2.24) is 14.9 Å². The molecule has 4 rings (SSSR count). The van der Waals surface area contributed by atoms with E-state index in [0.29, 0.717) is 23.5 Å². The number of hydrogen-bond acceptors (Lipinski definition) is 4. The van der Waals surface area contributed by atoms with Crippen LogP contribution in [0.2, 0.25) is 0 Å². The summed E-state index contributed by atoms with van der Waals surface area (Å²) in [4.78, 5) is 24.5. The Bertz CT molecular complexity index is 794. The molecule has 1 aliphatic carbocycles. The first-order valence-electron chi connectivity index (χ1n) is 10.7. The third-order valence-corrected chi connectivity index (χ3v) is 6.01. The van der Waals surface area contributed by atoms with Crippen LogP contribution in [0.4, 0.5) is 5.82 Å². The van der Waals surface area contributed by atoms with Crippen LogP contribution in [-0.2, 0) is 0 Å². The molecule has 1 saturated heterocycles. The number of amides is 1. The molecule has 1 saturated carbocycles. The molecule has 0 spiro atoms. The largest absolute Gasteiger partial charge is 0.367 e. The zero-order chi connectivity index (χ0) is 19.3. The molecule has 0 atom stereocenters. The molecule has 5 nitrogen and oxygen atoms in total. The highest BCUT2D eigenvalue weighted by atomic mass is 16.2. The van der Waals surface area contributed by atoms with Gasteiger partial charge in [0.25, 0.3) is 5.91 Å². The highest BCUT2D eigenvalue weighted by molar-refractivity contribution is 5.93. The SMILES string of the molecule is CC1CCN(C(=O)c2cc(NC3CCCCC3)nc(-c3ccccc3)n2)CC1. The Morgan fingerprint density at radius 1 is 1.00 bits per heavy atom. The van der Waals surface area contributed by atoms with Gasteiger partial charge in [-0.05, 0) is 31.6 Å². The maximum absolute atomic E-state index is 13.1. The summed E-state index contributed by atoms with van der Waals surface area (Å²) in [6, 6.07) is 12.2. The molecule has 28 heavy (non-hydrogen) atoms. The van der Waals surface area contributed by atoms with E-state index >= 15 is 0 Å². The lowest BCUT2D eigenvalue weighted by Crippen LogP contribution is -2.38. The lowest BCUT2D eigenvalue weighted by molar-refractivity contribution is 0.0691. The van der Waals surface area contributed by atoms with E-state index in [1.807, 2.05) is 41.3 Å². The van der Waals surface area contributed by atoms with E-state index in [0.717, 1.165) is 50.2 Å². The highest BCUT2D eigenvalue weighted by Crippen LogP contribution is 2.24. The fourth-order valence-corrected chi connectivity index (χ4v) is 4.18. The molecule has 1 amide bonds. The van der Waals surface area contributed by atoms with E-state index in [9.17, 15) is 4.79 Å². The van der Waals surface area contributed by atoms with Crippen LogP contribution in [0.15, 0.2) is 36.4 Å². The number of benzene rings is 1. The summed E-state index contributed by atoms with van der Waals surface area (Å²) in [5.41, 5.74) is 1.44. The molecule has 5 heteroatoms. The van der Waals surface area contributed by atoms with Crippen molar-refractivity contribution in [1.29, 1.82) is 0 Å². The maximum Gasteiger partial charge on any atom is 0.272 e. The predicted molar refractivity (Wildman–Crippen MR) is 112 cm³/mol. The number of piperidine rings is 1. The van der Waals surface area contributed by atoms with E-state index in [2.05, 4.69) is 17.2 Å². The number of anilines is 1. The van der Waals surface area contributed by atoms with E-state index in [4.69, 9.17) is 4.98 Å². The Hall–Kier alpha value is -2.43. The Morgan fingerprint density at radius 2 is 1.71 bits per heavy atom. The number of nitrogens with one attached hydrogen (secondary N) is 1. The van der Waals surface area contributed by atoms with Crippen LogP contribution >= 0.6 is 0 Å². The van der Waals surface area contributed by atoms with Crippen LogP contribution in [0.1, 0.15) is 62.4 Å². The molecule has 2 aliphatic rings. The zero-order valence-electron chi connectivity index (χ0n) is 16.7. The van der Waals surface area contributed by atoms with Gasteiger partial charge in [-0.2, -0.15) is 0 Å². The van der Waals surface area contributed by atoms with Crippen molar-refractivity contribution in [3.63, 3.8) is 0 Å². The van der Waals surface area contributed by atoms with Crippen molar-refractivity contribution in [2.45, 2.75) is 57.9 Å². The predicted octanol–water partition coefficient (Wildman–Crippen LogP) is 4.76. The normalized spacial score (nSPS) is 18.8.